The molecule has 1 aliphatic rings. The zero-order valence-corrected chi connectivity index (χ0v) is 12.1. The van der Waals surface area contributed by atoms with E-state index >= 15 is 0 Å². The van der Waals surface area contributed by atoms with Gasteiger partial charge in [0, 0.05) is 48.3 Å². The van der Waals surface area contributed by atoms with Crippen molar-refractivity contribution in [2.75, 3.05) is 32.7 Å². The number of Topliss-reactive ketones (excluding diaryl/α,β-unsaturated/α-hetero) is 1. The molecule has 1 aliphatic heterocycles. The number of rotatable bonds is 3. The van der Waals surface area contributed by atoms with Crippen LogP contribution in [0.3, 0.4) is 0 Å². The molecule has 1 aromatic carbocycles. The van der Waals surface area contributed by atoms with E-state index in [1.807, 2.05) is 19.1 Å². The number of hydrogen-bond donors (Lipinski definition) is 2. The molecule has 20 heavy (non-hydrogen) atoms. The fourth-order valence-corrected chi connectivity index (χ4v) is 3.00. The van der Waals surface area contributed by atoms with E-state index in [1.165, 1.54) is 5.56 Å². The molecule has 0 amide bonds. The van der Waals surface area contributed by atoms with Gasteiger partial charge in [-0.05, 0) is 19.4 Å². The molecule has 0 spiro atoms. The first-order chi connectivity index (χ1) is 9.66. The molecule has 0 saturated carbocycles. The molecule has 1 aromatic heterocycles. The number of hydrogen-bond acceptors (Lipinski definition) is 3. The Morgan fingerprint density at radius 3 is 2.75 bits per heavy atom. The third-order valence-corrected chi connectivity index (χ3v) is 4.09. The topological polar surface area (TPSA) is 48.1 Å². The van der Waals surface area contributed by atoms with E-state index < -0.39 is 0 Å². The fourth-order valence-electron chi connectivity index (χ4n) is 3.00. The van der Waals surface area contributed by atoms with Gasteiger partial charge in [0.25, 0.3) is 0 Å². The van der Waals surface area contributed by atoms with Crippen molar-refractivity contribution < 1.29 is 4.79 Å². The summed E-state index contributed by atoms with van der Waals surface area (Å²) in [5.74, 6) is 0.223. The van der Waals surface area contributed by atoms with Crippen molar-refractivity contribution in [3.05, 3.63) is 35.0 Å². The van der Waals surface area contributed by atoms with Gasteiger partial charge in [-0.15, -0.1) is 0 Å². The number of benzene rings is 1. The highest BCUT2D eigenvalue weighted by Crippen LogP contribution is 2.25. The van der Waals surface area contributed by atoms with Crippen molar-refractivity contribution >= 4 is 16.7 Å². The molecule has 0 unspecified atom stereocenters. The first-order valence-corrected chi connectivity index (χ1v) is 7.21. The lowest BCUT2D eigenvalue weighted by atomic mass is 10.0. The Morgan fingerprint density at radius 1 is 1.25 bits per heavy atom. The van der Waals surface area contributed by atoms with Crippen LogP contribution in [-0.2, 0) is 0 Å². The van der Waals surface area contributed by atoms with Crippen LogP contribution in [0.5, 0.6) is 0 Å². The average molecular weight is 271 g/mol. The van der Waals surface area contributed by atoms with Crippen molar-refractivity contribution in [3.8, 4) is 0 Å². The second-order valence-corrected chi connectivity index (χ2v) is 5.57. The monoisotopic (exact) mass is 271 g/mol. The van der Waals surface area contributed by atoms with Crippen molar-refractivity contribution in [1.29, 1.82) is 0 Å². The third-order valence-electron chi connectivity index (χ3n) is 4.09. The fraction of sp³-hybridized carbons (Fsp3) is 0.438. The third kappa shape index (κ3) is 2.37. The van der Waals surface area contributed by atoms with Gasteiger partial charge in [-0.2, -0.15) is 0 Å². The van der Waals surface area contributed by atoms with Gasteiger partial charge in [-0.3, -0.25) is 9.69 Å². The van der Waals surface area contributed by atoms with Crippen molar-refractivity contribution in [3.63, 3.8) is 0 Å². The van der Waals surface area contributed by atoms with Crippen LogP contribution < -0.4 is 5.32 Å². The van der Waals surface area contributed by atoms with Gasteiger partial charge in [0.1, 0.15) is 0 Å². The molecule has 2 heterocycles. The number of aromatic nitrogens is 1. The molecule has 0 atom stereocenters. The molecule has 1 saturated heterocycles. The van der Waals surface area contributed by atoms with E-state index in [0.29, 0.717) is 6.54 Å². The van der Waals surface area contributed by atoms with E-state index in [4.69, 9.17) is 0 Å². The van der Waals surface area contributed by atoms with Crippen LogP contribution in [0.1, 0.15) is 21.6 Å². The molecule has 0 radical (unpaired) electrons. The maximum absolute atomic E-state index is 12.6. The smallest absolute Gasteiger partial charge is 0.179 e. The normalized spacial score (nSPS) is 16.7. The standard InChI is InChI=1S/C16H21N3O/c1-11-4-3-5-13-15(12(2)18-16(11)13)14(20)10-19-8-6-17-7-9-19/h3-5,17-18H,6-10H2,1-2H3. The van der Waals surface area contributed by atoms with Crippen LogP contribution >= 0.6 is 0 Å². The molecule has 0 aliphatic carbocycles. The summed E-state index contributed by atoms with van der Waals surface area (Å²) < 4.78 is 0. The molecule has 2 N–H and O–H groups in total. The second-order valence-electron chi connectivity index (χ2n) is 5.57. The molecule has 4 heteroatoms. The van der Waals surface area contributed by atoms with Crippen LogP contribution in [0, 0.1) is 13.8 Å². The number of nitrogens with zero attached hydrogens (tertiary/aromatic N) is 1. The molecule has 2 aromatic rings. The Hall–Kier alpha value is -1.65. The molecule has 3 rings (SSSR count). The second kappa shape index (κ2) is 5.38. The Kier molecular flexibility index (Phi) is 3.59. The molecule has 0 bridgehead atoms. The number of aryl methyl sites for hydroxylation is 2. The average Bonchev–Trinajstić information content (AvgIpc) is 2.78. The number of H-pyrrole nitrogens is 1. The zero-order valence-electron chi connectivity index (χ0n) is 12.1. The van der Waals surface area contributed by atoms with Crippen molar-refractivity contribution in [1.82, 2.24) is 15.2 Å². The van der Waals surface area contributed by atoms with Gasteiger partial charge in [0.2, 0.25) is 0 Å². The van der Waals surface area contributed by atoms with Crippen LogP contribution in [-0.4, -0.2) is 48.4 Å². The van der Waals surface area contributed by atoms with E-state index in [1.54, 1.807) is 0 Å². The van der Waals surface area contributed by atoms with Crippen molar-refractivity contribution in [2.45, 2.75) is 13.8 Å². The number of fused-ring (bicyclic) bond motifs is 1. The Labute approximate surface area is 119 Å². The zero-order chi connectivity index (χ0) is 14.1. The lowest BCUT2D eigenvalue weighted by Gasteiger charge is -2.26. The predicted octanol–water partition coefficient (Wildman–Crippen LogP) is 1.87. The Morgan fingerprint density at radius 2 is 2.00 bits per heavy atom. The Balaban J connectivity index is 1.91. The maximum atomic E-state index is 12.6. The highest BCUT2D eigenvalue weighted by Gasteiger charge is 2.20. The van der Waals surface area contributed by atoms with Crippen LogP contribution in [0.25, 0.3) is 10.9 Å². The summed E-state index contributed by atoms with van der Waals surface area (Å²) in [6.07, 6.45) is 0. The SMILES string of the molecule is Cc1[nH]c2c(C)cccc2c1C(=O)CN1CCNCC1. The summed E-state index contributed by atoms with van der Waals surface area (Å²) in [4.78, 5) is 18.2. The summed E-state index contributed by atoms with van der Waals surface area (Å²) in [5.41, 5.74) is 4.12. The lowest BCUT2D eigenvalue weighted by molar-refractivity contribution is 0.0922. The van der Waals surface area contributed by atoms with Gasteiger partial charge < -0.3 is 10.3 Å². The quantitative estimate of drug-likeness (QED) is 0.838. The van der Waals surface area contributed by atoms with Crippen LogP contribution in [0.4, 0.5) is 0 Å². The van der Waals surface area contributed by atoms with Gasteiger partial charge in [-0.1, -0.05) is 18.2 Å². The lowest BCUT2D eigenvalue weighted by Crippen LogP contribution is -2.45. The largest absolute Gasteiger partial charge is 0.358 e. The minimum Gasteiger partial charge on any atom is -0.358 e. The summed E-state index contributed by atoms with van der Waals surface area (Å²) in [5, 5.41) is 4.37. The summed E-state index contributed by atoms with van der Waals surface area (Å²) in [6.45, 7) is 8.42. The molecular formula is C16H21N3O. The van der Waals surface area contributed by atoms with Gasteiger partial charge in [-0.25, -0.2) is 0 Å². The van der Waals surface area contributed by atoms with Gasteiger partial charge in [0.05, 0.1) is 6.54 Å². The van der Waals surface area contributed by atoms with E-state index in [9.17, 15) is 4.79 Å². The Bertz CT molecular complexity index is 638. The first kappa shape index (κ1) is 13.3. The number of piperazine rings is 1. The number of ketones is 1. The van der Waals surface area contributed by atoms with Crippen LogP contribution in [0.2, 0.25) is 0 Å². The highest BCUT2D eigenvalue weighted by atomic mass is 16.1. The molecular weight excluding hydrogens is 250 g/mol. The summed E-state index contributed by atoms with van der Waals surface area (Å²) in [6, 6.07) is 6.13. The van der Waals surface area contributed by atoms with E-state index in [-0.39, 0.29) is 5.78 Å². The molecule has 106 valence electrons. The van der Waals surface area contributed by atoms with E-state index in [2.05, 4.69) is 28.2 Å². The van der Waals surface area contributed by atoms with Gasteiger partial charge in [0.15, 0.2) is 5.78 Å². The molecule has 4 nitrogen and oxygen atoms in total. The van der Waals surface area contributed by atoms with E-state index in [0.717, 1.165) is 48.3 Å². The van der Waals surface area contributed by atoms with Crippen molar-refractivity contribution in [2.24, 2.45) is 0 Å². The molecule has 1 fully saturated rings. The number of aromatic amines is 1. The summed E-state index contributed by atoms with van der Waals surface area (Å²) >= 11 is 0. The van der Waals surface area contributed by atoms with Crippen LogP contribution in [0.15, 0.2) is 18.2 Å². The number of nitrogens with one attached hydrogen (secondary N) is 2. The number of para-hydroxylation sites is 1. The predicted molar refractivity (Wildman–Crippen MR) is 81.4 cm³/mol. The van der Waals surface area contributed by atoms with Gasteiger partial charge >= 0.3 is 0 Å². The number of carbonyl (C=O) groups excluding carboxylic acids is 1. The minimum atomic E-state index is 0.223. The number of carbonyl (C=O) groups is 1. The minimum absolute atomic E-state index is 0.223. The first-order valence-electron chi connectivity index (χ1n) is 7.21. The maximum Gasteiger partial charge on any atom is 0.179 e. The summed E-state index contributed by atoms with van der Waals surface area (Å²) in [7, 11) is 0. The highest BCUT2D eigenvalue weighted by molar-refractivity contribution is 6.10.